The first-order chi connectivity index (χ1) is 9.54. The van der Waals surface area contributed by atoms with Gasteiger partial charge in [0.2, 0.25) is 0 Å². The fourth-order valence-corrected chi connectivity index (χ4v) is 2.04. The standard InChI is InChI=1S/C14H11ClN4O/c1-9-12(7-10(8-16)14(17)20)13(15)19(18-9)11-5-3-2-4-6-11/h2-7H,1H3,(H2,17,20)/b10-7-. The molecule has 5 nitrogen and oxygen atoms in total. The molecule has 2 N–H and O–H groups in total. The fourth-order valence-electron chi connectivity index (χ4n) is 1.72. The number of carbonyl (C=O) groups excluding carboxylic acids is 1. The van der Waals surface area contributed by atoms with E-state index in [1.165, 1.54) is 6.08 Å². The number of nitrogens with two attached hydrogens (primary N) is 1. The average molecular weight is 287 g/mol. The number of para-hydroxylation sites is 1. The Hall–Kier alpha value is -2.58. The topological polar surface area (TPSA) is 84.7 Å². The number of primary amides is 1. The van der Waals surface area contributed by atoms with Crippen LogP contribution in [0.4, 0.5) is 0 Å². The third-order valence-electron chi connectivity index (χ3n) is 2.72. The molecule has 6 heteroatoms. The first-order valence-corrected chi connectivity index (χ1v) is 6.14. The maximum Gasteiger partial charge on any atom is 0.259 e. The number of hydrogen-bond acceptors (Lipinski definition) is 3. The number of nitrogens with zero attached hydrogens (tertiary/aromatic N) is 3. The molecule has 1 aromatic carbocycles. The lowest BCUT2D eigenvalue weighted by Crippen LogP contribution is -2.12. The molecule has 100 valence electrons. The molecule has 0 aliphatic carbocycles. The number of aromatic nitrogens is 2. The third-order valence-corrected chi connectivity index (χ3v) is 3.09. The maximum absolute atomic E-state index is 11.1. The zero-order chi connectivity index (χ0) is 14.7. The summed E-state index contributed by atoms with van der Waals surface area (Å²) in [5, 5.41) is 13.5. The molecule has 0 bridgehead atoms. The van der Waals surface area contributed by atoms with Gasteiger partial charge in [-0.25, -0.2) is 4.68 Å². The number of benzene rings is 1. The van der Waals surface area contributed by atoms with Crippen LogP contribution in [0.15, 0.2) is 35.9 Å². The molecular formula is C14H11ClN4O. The Balaban J connectivity index is 2.56. The zero-order valence-corrected chi connectivity index (χ0v) is 11.4. The highest BCUT2D eigenvalue weighted by molar-refractivity contribution is 6.31. The van der Waals surface area contributed by atoms with E-state index in [1.54, 1.807) is 17.7 Å². The third kappa shape index (κ3) is 2.56. The summed E-state index contributed by atoms with van der Waals surface area (Å²) in [6.07, 6.45) is 1.35. The molecule has 20 heavy (non-hydrogen) atoms. The summed E-state index contributed by atoms with van der Waals surface area (Å²) in [5.74, 6) is -0.796. The van der Waals surface area contributed by atoms with Gasteiger partial charge in [0.1, 0.15) is 16.8 Å². The summed E-state index contributed by atoms with van der Waals surface area (Å²) < 4.78 is 1.54. The van der Waals surface area contributed by atoms with Gasteiger partial charge in [-0.15, -0.1) is 0 Å². The molecule has 0 aliphatic rings. The Morgan fingerprint density at radius 3 is 2.65 bits per heavy atom. The molecule has 0 fully saturated rings. The van der Waals surface area contributed by atoms with Gasteiger partial charge >= 0.3 is 0 Å². The summed E-state index contributed by atoms with van der Waals surface area (Å²) in [6.45, 7) is 1.74. The van der Waals surface area contributed by atoms with E-state index in [0.717, 1.165) is 5.69 Å². The van der Waals surface area contributed by atoms with E-state index in [1.807, 2.05) is 30.3 Å². The maximum atomic E-state index is 11.1. The number of nitriles is 1. The molecule has 0 radical (unpaired) electrons. The van der Waals surface area contributed by atoms with Gasteiger partial charge < -0.3 is 5.73 Å². The summed E-state index contributed by atoms with van der Waals surface area (Å²) in [5.41, 5.74) is 6.85. The van der Waals surface area contributed by atoms with Gasteiger partial charge in [0, 0.05) is 5.56 Å². The minimum Gasteiger partial charge on any atom is -0.365 e. The van der Waals surface area contributed by atoms with Crippen molar-refractivity contribution in [2.75, 3.05) is 0 Å². The van der Waals surface area contributed by atoms with E-state index in [9.17, 15) is 4.79 Å². The van der Waals surface area contributed by atoms with Gasteiger partial charge in [0.15, 0.2) is 0 Å². The highest BCUT2D eigenvalue weighted by Crippen LogP contribution is 2.25. The number of hydrogen-bond donors (Lipinski definition) is 1. The van der Waals surface area contributed by atoms with Crippen molar-refractivity contribution in [1.29, 1.82) is 5.26 Å². The Kier molecular flexibility index (Phi) is 3.87. The Morgan fingerprint density at radius 1 is 1.45 bits per heavy atom. The van der Waals surface area contributed by atoms with Crippen molar-refractivity contribution in [2.24, 2.45) is 5.73 Å². The van der Waals surface area contributed by atoms with Crippen molar-refractivity contribution in [1.82, 2.24) is 9.78 Å². The van der Waals surface area contributed by atoms with Crippen LogP contribution in [0.2, 0.25) is 5.15 Å². The first-order valence-electron chi connectivity index (χ1n) is 5.76. The van der Waals surface area contributed by atoms with E-state index < -0.39 is 5.91 Å². The SMILES string of the molecule is Cc1nn(-c2ccccc2)c(Cl)c1/C=C(/C#N)C(N)=O. The minimum absolute atomic E-state index is 0.164. The minimum atomic E-state index is -0.796. The smallest absolute Gasteiger partial charge is 0.259 e. The predicted octanol–water partition coefficient (Wildman–Crippen LogP) is 2.23. The molecule has 1 amide bonds. The van der Waals surface area contributed by atoms with E-state index in [0.29, 0.717) is 16.4 Å². The Morgan fingerprint density at radius 2 is 2.10 bits per heavy atom. The average Bonchev–Trinajstić information content (AvgIpc) is 2.72. The number of carbonyl (C=O) groups is 1. The predicted molar refractivity (Wildman–Crippen MR) is 76.1 cm³/mol. The van der Waals surface area contributed by atoms with Gasteiger partial charge in [-0.05, 0) is 25.1 Å². The Labute approximate surface area is 120 Å². The van der Waals surface area contributed by atoms with Crippen molar-refractivity contribution in [3.05, 3.63) is 52.3 Å². The molecule has 0 aliphatic heterocycles. The van der Waals surface area contributed by atoms with Crippen LogP contribution < -0.4 is 5.73 Å². The van der Waals surface area contributed by atoms with Crippen LogP contribution in [0.25, 0.3) is 11.8 Å². The molecule has 0 saturated carbocycles. The monoisotopic (exact) mass is 286 g/mol. The summed E-state index contributed by atoms with van der Waals surface area (Å²) in [6, 6.07) is 11.1. The van der Waals surface area contributed by atoms with Gasteiger partial charge in [-0.2, -0.15) is 10.4 Å². The van der Waals surface area contributed by atoms with E-state index >= 15 is 0 Å². The van der Waals surface area contributed by atoms with Crippen molar-refractivity contribution < 1.29 is 4.79 Å². The van der Waals surface area contributed by atoms with Crippen LogP contribution in [0, 0.1) is 18.3 Å². The van der Waals surface area contributed by atoms with Crippen molar-refractivity contribution in [2.45, 2.75) is 6.92 Å². The second-order valence-corrected chi connectivity index (χ2v) is 4.43. The number of amides is 1. The highest BCUT2D eigenvalue weighted by Gasteiger charge is 2.15. The van der Waals surface area contributed by atoms with Crippen LogP contribution in [-0.2, 0) is 4.79 Å². The van der Waals surface area contributed by atoms with Crippen molar-refractivity contribution in [3.63, 3.8) is 0 Å². The molecule has 0 unspecified atom stereocenters. The van der Waals surface area contributed by atoms with Crippen molar-refractivity contribution >= 4 is 23.6 Å². The Bertz CT molecular complexity index is 726. The lowest BCUT2D eigenvalue weighted by atomic mass is 10.1. The molecule has 2 rings (SSSR count). The molecule has 1 aromatic heterocycles. The van der Waals surface area contributed by atoms with Gasteiger partial charge in [0.05, 0.1) is 11.4 Å². The molecular weight excluding hydrogens is 276 g/mol. The van der Waals surface area contributed by atoms with Crippen LogP contribution in [0.1, 0.15) is 11.3 Å². The van der Waals surface area contributed by atoms with Crippen molar-refractivity contribution in [3.8, 4) is 11.8 Å². The molecule has 0 spiro atoms. The summed E-state index contributed by atoms with van der Waals surface area (Å²) in [4.78, 5) is 11.1. The summed E-state index contributed by atoms with van der Waals surface area (Å²) in [7, 11) is 0. The van der Waals surface area contributed by atoms with E-state index in [4.69, 9.17) is 22.6 Å². The lowest BCUT2D eigenvalue weighted by Gasteiger charge is -2.02. The number of halogens is 1. The highest BCUT2D eigenvalue weighted by atomic mass is 35.5. The van der Waals surface area contributed by atoms with Gasteiger partial charge in [-0.1, -0.05) is 29.8 Å². The molecule has 0 atom stereocenters. The molecule has 2 aromatic rings. The second-order valence-electron chi connectivity index (χ2n) is 4.07. The van der Waals surface area contributed by atoms with Crippen LogP contribution in [-0.4, -0.2) is 15.7 Å². The fraction of sp³-hybridized carbons (Fsp3) is 0.0714. The largest absolute Gasteiger partial charge is 0.365 e. The van der Waals surface area contributed by atoms with Crippen LogP contribution in [0.5, 0.6) is 0 Å². The zero-order valence-electron chi connectivity index (χ0n) is 10.7. The van der Waals surface area contributed by atoms with Gasteiger partial charge in [-0.3, -0.25) is 4.79 Å². The molecule has 0 saturated heterocycles. The normalized spacial score (nSPS) is 11.2. The molecule has 1 heterocycles. The van der Waals surface area contributed by atoms with Crippen LogP contribution in [0.3, 0.4) is 0 Å². The lowest BCUT2D eigenvalue weighted by molar-refractivity contribution is -0.114. The second kappa shape index (κ2) is 5.59. The summed E-state index contributed by atoms with van der Waals surface area (Å²) >= 11 is 6.26. The number of rotatable bonds is 3. The van der Waals surface area contributed by atoms with Crippen LogP contribution >= 0.6 is 11.6 Å². The van der Waals surface area contributed by atoms with Gasteiger partial charge in [0.25, 0.3) is 5.91 Å². The quantitative estimate of drug-likeness (QED) is 0.693. The van der Waals surface area contributed by atoms with E-state index in [2.05, 4.69) is 5.10 Å². The first kappa shape index (κ1) is 13.8. The number of aryl methyl sites for hydroxylation is 1. The van der Waals surface area contributed by atoms with E-state index in [-0.39, 0.29) is 5.57 Å².